The van der Waals surface area contributed by atoms with Gasteiger partial charge in [-0.15, -0.1) is 0 Å². The summed E-state index contributed by atoms with van der Waals surface area (Å²) in [6, 6.07) is 6.28. The van der Waals surface area contributed by atoms with Crippen LogP contribution in [-0.4, -0.2) is 8.53 Å². The van der Waals surface area contributed by atoms with Crippen LogP contribution in [0.3, 0.4) is 0 Å². The molecule has 1 nitrogen and oxygen atoms in total. The predicted molar refractivity (Wildman–Crippen MR) is 102 cm³/mol. The van der Waals surface area contributed by atoms with Crippen molar-refractivity contribution < 1.29 is 5.11 Å². The number of aromatic hydroxyl groups is 1. The van der Waals surface area contributed by atoms with E-state index < -0.39 is 0 Å². The summed E-state index contributed by atoms with van der Waals surface area (Å²) in [5.41, 5.74) is 3.28. The molecule has 1 aromatic carbocycles. The minimum absolute atomic E-state index is 0.495. The van der Waals surface area contributed by atoms with Gasteiger partial charge in [0.25, 0.3) is 0 Å². The molecule has 0 aliphatic heterocycles. The van der Waals surface area contributed by atoms with Gasteiger partial charge in [-0.3, -0.25) is 0 Å². The first-order valence-corrected chi connectivity index (χ1v) is 10.1. The number of phenols is 1. The number of hydrogen-bond acceptors (Lipinski definition) is 1. The molecule has 0 heterocycles. The van der Waals surface area contributed by atoms with Gasteiger partial charge < -0.3 is 5.11 Å². The number of halogens is 1. The van der Waals surface area contributed by atoms with E-state index in [-0.39, 0.29) is 0 Å². The van der Waals surface area contributed by atoms with E-state index in [2.05, 4.69) is 41.6 Å². The number of aryl methyl sites for hydroxylation is 2. The highest BCUT2D eigenvalue weighted by Crippen LogP contribution is 2.52. The van der Waals surface area contributed by atoms with Gasteiger partial charge >= 0.3 is 0 Å². The molecule has 2 aliphatic rings. The molecule has 2 aliphatic carbocycles. The highest BCUT2D eigenvalue weighted by molar-refractivity contribution is 14.1. The van der Waals surface area contributed by atoms with Crippen molar-refractivity contribution in [2.24, 2.45) is 5.41 Å². The molecule has 1 aromatic rings. The Balaban J connectivity index is 1.48. The number of phenolic OH excluding ortho intramolecular Hbond substituents is 1. The molecule has 2 saturated carbocycles. The van der Waals surface area contributed by atoms with E-state index in [4.69, 9.17) is 0 Å². The number of benzene rings is 1. The lowest BCUT2D eigenvalue weighted by molar-refractivity contribution is 0.433. The lowest BCUT2D eigenvalue weighted by Crippen LogP contribution is -2.00. The summed E-state index contributed by atoms with van der Waals surface area (Å²) in [7, 11) is 0. The highest BCUT2D eigenvalue weighted by atomic mass is 127. The van der Waals surface area contributed by atoms with Gasteiger partial charge in [0.2, 0.25) is 0 Å². The normalized spacial score (nSPS) is 20.8. The second-order valence-electron chi connectivity index (χ2n) is 7.67. The standard InChI is InChI=1S/C20H29IO/c1-2-19(11-12-19)9-3-5-16-7-8-18(22)17(15-16)6-4-10-20(21)13-14-20/h7-8,15,22H,2-6,9-14H2,1H3. The Labute approximate surface area is 149 Å². The monoisotopic (exact) mass is 412 g/mol. The topological polar surface area (TPSA) is 20.2 Å². The first kappa shape index (κ1) is 16.6. The van der Waals surface area contributed by atoms with Gasteiger partial charge in [0, 0.05) is 3.42 Å². The summed E-state index contributed by atoms with van der Waals surface area (Å²) >= 11 is 2.62. The van der Waals surface area contributed by atoms with Gasteiger partial charge in [-0.1, -0.05) is 48.1 Å². The van der Waals surface area contributed by atoms with Crippen LogP contribution in [0, 0.1) is 5.41 Å². The van der Waals surface area contributed by atoms with Crippen LogP contribution >= 0.6 is 22.6 Å². The SMILES string of the molecule is CCC1(CCCc2ccc(O)c(CCCC3(I)CC3)c2)CC1. The van der Waals surface area contributed by atoms with Crippen molar-refractivity contribution in [3.8, 4) is 5.75 Å². The molecule has 0 saturated heterocycles. The average molecular weight is 412 g/mol. The summed E-state index contributed by atoms with van der Waals surface area (Å²) in [5, 5.41) is 10.1. The third-order valence-corrected chi connectivity index (χ3v) is 7.51. The minimum atomic E-state index is 0.495. The Morgan fingerprint density at radius 1 is 1.05 bits per heavy atom. The van der Waals surface area contributed by atoms with Gasteiger partial charge in [0.05, 0.1) is 0 Å². The van der Waals surface area contributed by atoms with Crippen LogP contribution < -0.4 is 0 Å². The molecule has 1 N–H and O–H groups in total. The van der Waals surface area contributed by atoms with Gasteiger partial charge in [-0.25, -0.2) is 0 Å². The quantitative estimate of drug-likeness (QED) is 0.379. The molecular weight excluding hydrogens is 383 g/mol. The van der Waals surface area contributed by atoms with Crippen molar-refractivity contribution in [3.63, 3.8) is 0 Å². The zero-order valence-electron chi connectivity index (χ0n) is 13.8. The zero-order chi connectivity index (χ0) is 15.6. The fraction of sp³-hybridized carbons (Fsp3) is 0.700. The lowest BCUT2D eigenvalue weighted by Gasteiger charge is -2.13. The molecule has 122 valence electrons. The number of rotatable bonds is 9. The van der Waals surface area contributed by atoms with Crippen molar-refractivity contribution in [3.05, 3.63) is 29.3 Å². The Bertz CT molecular complexity index is 514. The molecule has 2 heteroatoms. The molecule has 0 unspecified atom stereocenters. The molecule has 0 aromatic heterocycles. The fourth-order valence-corrected chi connectivity index (χ4v) is 4.25. The van der Waals surface area contributed by atoms with Crippen molar-refractivity contribution in [2.45, 2.75) is 81.0 Å². The fourth-order valence-electron chi connectivity index (χ4n) is 3.60. The van der Waals surface area contributed by atoms with Crippen LogP contribution in [0.5, 0.6) is 5.75 Å². The smallest absolute Gasteiger partial charge is 0.118 e. The van der Waals surface area contributed by atoms with Crippen LogP contribution in [0.2, 0.25) is 0 Å². The molecule has 2 fully saturated rings. The summed E-state index contributed by atoms with van der Waals surface area (Å²) in [6.07, 6.45) is 14.4. The first-order valence-electron chi connectivity index (χ1n) is 9.04. The van der Waals surface area contributed by atoms with Crippen LogP contribution in [0.15, 0.2) is 18.2 Å². The van der Waals surface area contributed by atoms with Crippen molar-refractivity contribution in [1.29, 1.82) is 0 Å². The maximum atomic E-state index is 10.1. The molecule has 0 radical (unpaired) electrons. The predicted octanol–water partition coefficient (Wildman–Crippen LogP) is 6.20. The van der Waals surface area contributed by atoms with Crippen molar-refractivity contribution >= 4 is 22.6 Å². The number of alkyl halides is 1. The van der Waals surface area contributed by atoms with Crippen LogP contribution in [0.4, 0.5) is 0 Å². The summed E-state index contributed by atoms with van der Waals surface area (Å²) < 4.78 is 0.601. The van der Waals surface area contributed by atoms with Crippen LogP contribution in [0.25, 0.3) is 0 Å². The lowest BCUT2D eigenvalue weighted by atomic mass is 9.94. The van der Waals surface area contributed by atoms with E-state index in [0.29, 0.717) is 14.6 Å². The van der Waals surface area contributed by atoms with Crippen LogP contribution in [0.1, 0.15) is 75.8 Å². The Hall–Kier alpha value is -0.250. The average Bonchev–Trinajstić information content (AvgIpc) is 3.41. The van der Waals surface area contributed by atoms with Gasteiger partial charge in [0.1, 0.15) is 5.75 Å². The van der Waals surface area contributed by atoms with Crippen molar-refractivity contribution in [1.82, 2.24) is 0 Å². The molecule has 0 amide bonds. The molecular formula is C20H29IO. The van der Waals surface area contributed by atoms with Gasteiger partial charge in [0.15, 0.2) is 0 Å². The maximum Gasteiger partial charge on any atom is 0.118 e. The molecule has 0 bridgehead atoms. The molecule has 3 rings (SSSR count). The second-order valence-corrected chi connectivity index (χ2v) is 9.96. The summed E-state index contributed by atoms with van der Waals surface area (Å²) in [4.78, 5) is 0. The zero-order valence-corrected chi connectivity index (χ0v) is 16.0. The van der Waals surface area contributed by atoms with E-state index >= 15 is 0 Å². The van der Waals surface area contributed by atoms with E-state index in [1.165, 1.54) is 69.8 Å². The third kappa shape index (κ3) is 4.39. The highest BCUT2D eigenvalue weighted by Gasteiger charge is 2.39. The third-order valence-electron chi connectivity index (χ3n) is 5.89. The Morgan fingerprint density at radius 3 is 2.41 bits per heavy atom. The van der Waals surface area contributed by atoms with Crippen LogP contribution in [-0.2, 0) is 12.8 Å². The molecule has 0 atom stereocenters. The molecule has 22 heavy (non-hydrogen) atoms. The minimum Gasteiger partial charge on any atom is -0.508 e. The van der Waals surface area contributed by atoms with Gasteiger partial charge in [-0.05, 0) is 86.8 Å². The number of hydrogen-bond donors (Lipinski definition) is 1. The van der Waals surface area contributed by atoms with E-state index in [0.717, 1.165) is 12.0 Å². The second kappa shape index (κ2) is 6.70. The summed E-state index contributed by atoms with van der Waals surface area (Å²) in [6.45, 7) is 2.34. The Morgan fingerprint density at radius 2 is 1.77 bits per heavy atom. The largest absolute Gasteiger partial charge is 0.508 e. The maximum absolute atomic E-state index is 10.1. The first-order chi connectivity index (χ1) is 10.5. The van der Waals surface area contributed by atoms with Gasteiger partial charge in [-0.2, -0.15) is 0 Å². The van der Waals surface area contributed by atoms with Crippen molar-refractivity contribution in [2.75, 3.05) is 0 Å². The van der Waals surface area contributed by atoms with E-state index in [1.807, 2.05) is 6.07 Å². The summed E-state index contributed by atoms with van der Waals surface area (Å²) in [5.74, 6) is 0.495. The Kier molecular flexibility index (Phi) is 5.06. The molecule has 0 spiro atoms. The van der Waals surface area contributed by atoms with E-state index in [1.54, 1.807) is 0 Å². The van der Waals surface area contributed by atoms with E-state index in [9.17, 15) is 5.11 Å².